The summed E-state index contributed by atoms with van der Waals surface area (Å²) in [5.41, 5.74) is 2.38. The Bertz CT molecular complexity index is 753. The van der Waals surface area contributed by atoms with Crippen LogP contribution in [0.25, 0.3) is 0 Å². The highest BCUT2D eigenvalue weighted by atomic mass is 19.1. The van der Waals surface area contributed by atoms with E-state index in [1.165, 1.54) is 17.7 Å². The monoisotopic (exact) mass is 355 g/mol. The van der Waals surface area contributed by atoms with Crippen molar-refractivity contribution in [2.45, 2.75) is 32.3 Å². The number of phenolic OH excluding ortho intramolecular Hbond substituents is 1. The van der Waals surface area contributed by atoms with Crippen LogP contribution in [0, 0.1) is 5.82 Å². The average molecular weight is 355 g/mol. The number of halogens is 1. The van der Waals surface area contributed by atoms with Crippen molar-refractivity contribution < 1.29 is 14.2 Å². The van der Waals surface area contributed by atoms with E-state index < -0.39 is 0 Å². The maximum atomic E-state index is 13.2. The van der Waals surface area contributed by atoms with Gasteiger partial charge in [0.05, 0.1) is 0 Å². The van der Waals surface area contributed by atoms with Crippen molar-refractivity contribution in [1.29, 1.82) is 0 Å². The number of hydrogen-bond donors (Lipinski definition) is 1. The number of hydrogen-bond acceptors (Lipinski definition) is 3. The fraction of sp³-hybridized carbons (Fsp3) is 0.364. The van der Waals surface area contributed by atoms with E-state index in [1.807, 2.05) is 18.2 Å². The van der Waals surface area contributed by atoms with Gasteiger partial charge in [0.1, 0.15) is 23.4 Å². The van der Waals surface area contributed by atoms with E-state index in [0.717, 1.165) is 31.6 Å². The van der Waals surface area contributed by atoms with Crippen LogP contribution in [0.1, 0.15) is 31.7 Å². The molecule has 1 fully saturated rings. The number of phenols is 1. The van der Waals surface area contributed by atoms with Gasteiger partial charge in [-0.05, 0) is 62.2 Å². The largest absolute Gasteiger partial charge is 0.508 e. The lowest BCUT2D eigenvalue weighted by molar-refractivity contribution is 0.0832. The molecule has 0 spiro atoms. The lowest BCUT2D eigenvalue weighted by Gasteiger charge is -2.38. The summed E-state index contributed by atoms with van der Waals surface area (Å²) in [4.78, 5) is 2.41. The van der Waals surface area contributed by atoms with Gasteiger partial charge in [-0.15, -0.1) is 0 Å². The molecule has 26 heavy (non-hydrogen) atoms. The van der Waals surface area contributed by atoms with Crippen molar-refractivity contribution in [2.75, 3.05) is 19.6 Å². The Balaban J connectivity index is 1.80. The van der Waals surface area contributed by atoms with E-state index in [9.17, 15) is 9.50 Å². The zero-order valence-corrected chi connectivity index (χ0v) is 15.4. The highest BCUT2D eigenvalue weighted by molar-refractivity contribution is 5.32. The van der Waals surface area contributed by atoms with Crippen LogP contribution in [0.15, 0.2) is 60.2 Å². The molecule has 0 aromatic heterocycles. The Labute approximate surface area is 154 Å². The number of piperidine rings is 1. The number of ether oxygens (including phenoxy) is 1. The molecule has 0 bridgehead atoms. The maximum Gasteiger partial charge on any atom is 0.123 e. The molecular formula is C22H26FNO2. The molecule has 1 aliphatic rings. The Morgan fingerprint density at radius 3 is 2.69 bits per heavy atom. The standard InChI is InChI=1S/C22H26FNO2/c1-16(2)10-12-24-13-11-22(26-20-8-6-18(23)7-9-20)21(15-24)17-4-3-5-19(25)14-17/h3-10,14,21-22,25H,11-13,15H2,1-2H3/t21-,22+/m1/s1. The van der Waals surface area contributed by atoms with Crippen LogP contribution in [-0.2, 0) is 0 Å². The molecule has 138 valence electrons. The van der Waals surface area contributed by atoms with Gasteiger partial charge in [-0.2, -0.15) is 0 Å². The summed E-state index contributed by atoms with van der Waals surface area (Å²) in [6, 6.07) is 13.6. The molecule has 2 atom stereocenters. The molecule has 2 aromatic carbocycles. The summed E-state index contributed by atoms with van der Waals surface area (Å²) >= 11 is 0. The van der Waals surface area contributed by atoms with Gasteiger partial charge in [-0.25, -0.2) is 4.39 Å². The number of benzene rings is 2. The molecule has 0 amide bonds. The normalized spacial score (nSPS) is 20.6. The summed E-state index contributed by atoms with van der Waals surface area (Å²) < 4.78 is 19.4. The highest BCUT2D eigenvalue weighted by Gasteiger charge is 2.32. The topological polar surface area (TPSA) is 32.7 Å². The summed E-state index contributed by atoms with van der Waals surface area (Å²) in [7, 11) is 0. The van der Waals surface area contributed by atoms with Gasteiger partial charge in [0.2, 0.25) is 0 Å². The molecule has 0 radical (unpaired) electrons. The number of aromatic hydroxyl groups is 1. The van der Waals surface area contributed by atoms with E-state index >= 15 is 0 Å². The summed E-state index contributed by atoms with van der Waals surface area (Å²) in [6.07, 6.45) is 3.11. The van der Waals surface area contributed by atoms with Gasteiger partial charge in [0, 0.05) is 25.6 Å². The minimum atomic E-state index is -0.265. The molecular weight excluding hydrogens is 329 g/mol. The number of nitrogens with zero attached hydrogens (tertiary/aromatic N) is 1. The Hall–Kier alpha value is -2.33. The first-order valence-electron chi connectivity index (χ1n) is 9.08. The Kier molecular flexibility index (Phi) is 5.94. The molecule has 3 nitrogen and oxygen atoms in total. The van der Waals surface area contributed by atoms with Gasteiger partial charge in [0.25, 0.3) is 0 Å². The van der Waals surface area contributed by atoms with Crippen LogP contribution < -0.4 is 4.74 Å². The van der Waals surface area contributed by atoms with E-state index in [2.05, 4.69) is 24.8 Å². The first-order chi connectivity index (χ1) is 12.5. The summed E-state index contributed by atoms with van der Waals surface area (Å²) in [5.74, 6) is 0.827. The summed E-state index contributed by atoms with van der Waals surface area (Å²) in [5, 5.41) is 9.89. The fourth-order valence-electron chi connectivity index (χ4n) is 3.38. The molecule has 3 rings (SSSR count). The Morgan fingerprint density at radius 2 is 2.00 bits per heavy atom. The average Bonchev–Trinajstić information content (AvgIpc) is 2.62. The van der Waals surface area contributed by atoms with Gasteiger partial charge in [-0.3, -0.25) is 4.90 Å². The second-order valence-electron chi connectivity index (χ2n) is 7.14. The molecule has 1 saturated heterocycles. The van der Waals surface area contributed by atoms with Crippen LogP contribution >= 0.6 is 0 Å². The van der Waals surface area contributed by atoms with Crippen molar-refractivity contribution in [2.24, 2.45) is 0 Å². The second kappa shape index (κ2) is 8.37. The zero-order valence-electron chi connectivity index (χ0n) is 15.4. The summed E-state index contributed by atoms with van der Waals surface area (Å²) in [6.45, 7) is 6.94. The smallest absolute Gasteiger partial charge is 0.123 e. The lowest BCUT2D eigenvalue weighted by Crippen LogP contribution is -2.44. The van der Waals surface area contributed by atoms with Crippen molar-refractivity contribution in [3.63, 3.8) is 0 Å². The first-order valence-corrected chi connectivity index (χ1v) is 9.08. The minimum absolute atomic E-state index is 0.00906. The maximum absolute atomic E-state index is 13.2. The number of allylic oxidation sites excluding steroid dienone is 1. The third-order valence-corrected chi connectivity index (χ3v) is 4.79. The van der Waals surface area contributed by atoms with Crippen LogP contribution in [0.2, 0.25) is 0 Å². The van der Waals surface area contributed by atoms with Crippen molar-refractivity contribution in [1.82, 2.24) is 4.90 Å². The fourth-order valence-corrected chi connectivity index (χ4v) is 3.38. The van der Waals surface area contributed by atoms with E-state index in [4.69, 9.17) is 4.74 Å². The van der Waals surface area contributed by atoms with Gasteiger partial charge < -0.3 is 9.84 Å². The van der Waals surface area contributed by atoms with E-state index in [1.54, 1.807) is 18.2 Å². The van der Waals surface area contributed by atoms with Crippen molar-refractivity contribution in [3.05, 3.63) is 71.6 Å². The number of rotatable bonds is 5. The van der Waals surface area contributed by atoms with Crippen molar-refractivity contribution in [3.8, 4) is 11.5 Å². The molecule has 0 saturated carbocycles. The molecule has 0 unspecified atom stereocenters. The predicted molar refractivity (Wildman–Crippen MR) is 102 cm³/mol. The first kappa shape index (κ1) is 18.5. The van der Waals surface area contributed by atoms with Gasteiger partial charge in [-0.1, -0.05) is 23.8 Å². The Morgan fingerprint density at radius 1 is 1.23 bits per heavy atom. The quantitative estimate of drug-likeness (QED) is 0.787. The molecule has 1 N–H and O–H groups in total. The second-order valence-corrected chi connectivity index (χ2v) is 7.14. The van der Waals surface area contributed by atoms with Crippen LogP contribution in [0.3, 0.4) is 0 Å². The predicted octanol–water partition coefficient (Wildman–Crippen LogP) is 4.73. The molecule has 2 aromatic rings. The van der Waals surface area contributed by atoms with Crippen LogP contribution in [0.4, 0.5) is 4.39 Å². The number of likely N-dealkylation sites (tertiary alicyclic amines) is 1. The van der Waals surface area contributed by atoms with E-state index in [0.29, 0.717) is 5.75 Å². The highest BCUT2D eigenvalue weighted by Crippen LogP contribution is 2.32. The lowest BCUT2D eigenvalue weighted by atomic mass is 9.87. The molecule has 1 heterocycles. The van der Waals surface area contributed by atoms with Crippen LogP contribution in [-0.4, -0.2) is 35.7 Å². The van der Waals surface area contributed by atoms with Gasteiger partial charge in [0.15, 0.2) is 0 Å². The van der Waals surface area contributed by atoms with Crippen LogP contribution in [0.5, 0.6) is 11.5 Å². The third kappa shape index (κ3) is 4.85. The van der Waals surface area contributed by atoms with E-state index in [-0.39, 0.29) is 23.6 Å². The third-order valence-electron chi connectivity index (χ3n) is 4.79. The minimum Gasteiger partial charge on any atom is -0.508 e. The molecule has 0 aliphatic carbocycles. The van der Waals surface area contributed by atoms with Gasteiger partial charge >= 0.3 is 0 Å². The molecule has 4 heteroatoms. The SMILES string of the molecule is CC(C)=CCN1CC[C@H](Oc2ccc(F)cc2)[C@@H](c2cccc(O)c2)C1. The zero-order chi connectivity index (χ0) is 18.5. The van der Waals surface area contributed by atoms with Crippen molar-refractivity contribution >= 4 is 0 Å². The molecule has 1 aliphatic heterocycles.